The second kappa shape index (κ2) is 6.46. The molecule has 0 N–H and O–H groups in total. The van der Waals surface area contributed by atoms with Gasteiger partial charge in [0.05, 0.1) is 16.9 Å². The number of para-hydroxylation sites is 1. The van der Waals surface area contributed by atoms with Crippen LogP contribution < -0.4 is 5.69 Å². The van der Waals surface area contributed by atoms with E-state index in [9.17, 15) is 13.6 Å². The topological polar surface area (TPSA) is 34.9 Å². The summed E-state index contributed by atoms with van der Waals surface area (Å²) < 4.78 is 26.4. The highest BCUT2D eigenvalue weighted by molar-refractivity contribution is 6.31. The van der Waals surface area contributed by atoms with Crippen molar-refractivity contribution in [2.24, 2.45) is 0 Å². The summed E-state index contributed by atoms with van der Waals surface area (Å²) in [7, 11) is 0. The highest BCUT2D eigenvalue weighted by atomic mass is 35.5. The fraction of sp³-hybridized carbons (Fsp3) is 0.176. The van der Waals surface area contributed by atoms with E-state index in [4.69, 9.17) is 11.6 Å². The van der Waals surface area contributed by atoms with Crippen LogP contribution in [0.5, 0.6) is 0 Å². The average molecular weight is 335 g/mol. The van der Waals surface area contributed by atoms with Gasteiger partial charge in [-0.15, -0.1) is 0 Å². The first-order valence-electron chi connectivity index (χ1n) is 7.11. The van der Waals surface area contributed by atoms with Gasteiger partial charge in [-0.1, -0.05) is 29.8 Å². The molecule has 0 radical (unpaired) electrons. The van der Waals surface area contributed by atoms with Crippen LogP contribution in [0.2, 0.25) is 5.02 Å². The Balaban J connectivity index is 2.26. The third-order valence-electron chi connectivity index (χ3n) is 3.55. The molecule has 23 heavy (non-hydrogen) atoms. The fourth-order valence-electron chi connectivity index (χ4n) is 2.53. The number of fused-ring (bicyclic) bond motifs is 1. The Morgan fingerprint density at radius 3 is 2.57 bits per heavy atom. The number of alkyl halides is 2. The molecular weight excluding hydrogens is 322 g/mol. The summed E-state index contributed by atoms with van der Waals surface area (Å²) >= 11 is 6.05. The predicted octanol–water partition coefficient (Wildman–Crippen LogP) is 4.24. The van der Waals surface area contributed by atoms with Gasteiger partial charge in [-0.05, 0) is 36.8 Å². The zero-order chi connectivity index (χ0) is 16.4. The summed E-state index contributed by atoms with van der Waals surface area (Å²) in [5.41, 5.74) is 1.08. The quantitative estimate of drug-likeness (QED) is 0.715. The first-order valence-corrected chi connectivity index (χ1v) is 7.49. The molecule has 3 rings (SSSR count). The standard InChI is InChI=1S/C17H13ClF2N2O/c18-11-6-7-13-14(8-9-16(19)20)21-17(23)22(15(13)10-11)12-4-2-1-3-5-12/h1-7,10,16H,8-9H2. The minimum Gasteiger partial charge on any atom is -0.260 e. The van der Waals surface area contributed by atoms with Crippen molar-refractivity contribution in [2.45, 2.75) is 19.3 Å². The second-order valence-electron chi connectivity index (χ2n) is 5.10. The number of benzene rings is 2. The van der Waals surface area contributed by atoms with Crippen LogP contribution in [0.25, 0.3) is 16.6 Å². The lowest BCUT2D eigenvalue weighted by atomic mass is 10.1. The molecule has 0 amide bonds. The number of aryl methyl sites for hydroxylation is 1. The van der Waals surface area contributed by atoms with E-state index in [2.05, 4.69) is 4.98 Å². The molecule has 0 aliphatic carbocycles. The SMILES string of the molecule is O=c1nc(CCC(F)F)c2ccc(Cl)cc2n1-c1ccccc1. The Hall–Kier alpha value is -2.27. The van der Waals surface area contributed by atoms with E-state index in [-0.39, 0.29) is 12.8 Å². The molecular formula is C17H13ClF2N2O. The Morgan fingerprint density at radius 2 is 1.87 bits per heavy atom. The van der Waals surface area contributed by atoms with Crippen LogP contribution in [0.3, 0.4) is 0 Å². The average Bonchev–Trinajstić information content (AvgIpc) is 2.53. The van der Waals surface area contributed by atoms with Gasteiger partial charge in [-0.3, -0.25) is 4.57 Å². The van der Waals surface area contributed by atoms with Gasteiger partial charge >= 0.3 is 5.69 Å². The van der Waals surface area contributed by atoms with Gasteiger partial charge in [0.25, 0.3) is 0 Å². The maximum absolute atomic E-state index is 12.5. The van der Waals surface area contributed by atoms with Gasteiger partial charge in [-0.25, -0.2) is 13.6 Å². The molecule has 0 spiro atoms. The van der Waals surface area contributed by atoms with Crippen LogP contribution in [0.15, 0.2) is 53.3 Å². The first kappa shape index (κ1) is 15.6. The van der Waals surface area contributed by atoms with Gasteiger partial charge in [0.15, 0.2) is 0 Å². The van der Waals surface area contributed by atoms with Crippen molar-refractivity contribution < 1.29 is 8.78 Å². The lowest BCUT2D eigenvalue weighted by molar-refractivity contribution is 0.138. The Bertz CT molecular complexity index is 894. The minimum absolute atomic E-state index is 0.0423. The van der Waals surface area contributed by atoms with Crippen molar-refractivity contribution in [3.63, 3.8) is 0 Å². The molecule has 0 unspecified atom stereocenters. The van der Waals surface area contributed by atoms with Crippen molar-refractivity contribution in [1.29, 1.82) is 0 Å². The van der Waals surface area contributed by atoms with E-state index in [0.29, 0.717) is 27.3 Å². The first-order chi connectivity index (χ1) is 11.1. The highest BCUT2D eigenvalue weighted by Gasteiger charge is 2.14. The zero-order valence-corrected chi connectivity index (χ0v) is 12.8. The molecule has 0 atom stereocenters. The molecule has 1 aromatic heterocycles. The maximum Gasteiger partial charge on any atom is 0.352 e. The maximum atomic E-state index is 12.5. The number of hydrogen-bond donors (Lipinski definition) is 0. The van der Waals surface area contributed by atoms with Crippen LogP contribution in [-0.4, -0.2) is 16.0 Å². The largest absolute Gasteiger partial charge is 0.352 e. The van der Waals surface area contributed by atoms with Crippen LogP contribution >= 0.6 is 11.6 Å². The summed E-state index contributed by atoms with van der Waals surface area (Å²) in [5, 5.41) is 1.12. The van der Waals surface area contributed by atoms with E-state index in [1.54, 1.807) is 30.3 Å². The third kappa shape index (κ3) is 3.24. The van der Waals surface area contributed by atoms with Crippen molar-refractivity contribution in [2.75, 3.05) is 0 Å². The monoisotopic (exact) mass is 334 g/mol. The molecule has 2 aromatic carbocycles. The number of hydrogen-bond acceptors (Lipinski definition) is 2. The van der Waals surface area contributed by atoms with E-state index in [1.165, 1.54) is 4.57 Å². The normalized spacial score (nSPS) is 11.3. The number of rotatable bonds is 4. The van der Waals surface area contributed by atoms with Gasteiger partial charge in [0.2, 0.25) is 6.43 Å². The molecule has 0 saturated carbocycles. The van der Waals surface area contributed by atoms with Crippen molar-refractivity contribution >= 4 is 22.5 Å². The van der Waals surface area contributed by atoms with E-state index in [0.717, 1.165) is 0 Å². The van der Waals surface area contributed by atoms with Crippen LogP contribution in [-0.2, 0) is 6.42 Å². The molecule has 0 aliphatic rings. The smallest absolute Gasteiger partial charge is 0.260 e. The molecule has 3 aromatic rings. The molecule has 0 fully saturated rings. The van der Waals surface area contributed by atoms with Crippen molar-refractivity contribution in [3.8, 4) is 5.69 Å². The van der Waals surface area contributed by atoms with Crippen molar-refractivity contribution in [1.82, 2.24) is 9.55 Å². The molecule has 0 aliphatic heterocycles. The van der Waals surface area contributed by atoms with Crippen LogP contribution in [0.1, 0.15) is 12.1 Å². The van der Waals surface area contributed by atoms with Crippen LogP contribution in [0, 0.1) is 0 Å². The van der Waals surface area contributed by atoms with E-state index in [1.807, 2.05) is 18.2 Å². The molecule has 1 heterocycles. The molecule has 118 valence electrons. The lowest BCUT2D eigenvalue weighted by Gasteiger charge is -2.13. The fourth-order valence-corrected chi connectivity index (χ4v) is 2.69. The van der Waals surface area contributed by atoms with Crippen molar-refractivity contribution in [3.05, 3.63) is 69.7 Å². The Labute approximate surface area is 136 Å². The van der Waals surface area contributed by atoms with E-state index >= 15 is 0 Å². The third-order valence-corrected chi connectivity index (χ3v) is 3.78. The minimum atomic E-state index is -2.43. The number of aromatic nitrogens is 2. The summed E-state index contributed by atoms with van der Waals surface area (Å²) in [4.78, 5) is 16.4. The van der Waals surface area contributed by atoms with Gasteiger partial charge in [0, 0.05) is 16.8 Å². The Morgan fingerprint density at radius 1 is 1.13 bits per heavy atom. The molecule has 0 saturated heterocycles. The Kier molecular flexibility index (Phi) is 4.39. The predicted molar refractivity (Wildman–Crippen MR) is 86.7 cm³/mol. The second-order valence-corrected chi connectivity index (χ2v) is 5.54. The molecule has 3 nitrogen and oxygen atoms in total. The summed E-state index contributed by atoms with van der Waals surface area (Å²) in [6, 6.07) is 14.0. The zero-order valence-electron chi connectivity index (χ0n) is 12.0. The summed E-state index contributed by atoms with van der Waals surface area (Å²) in [5.74, 6) is 0. The molecule has 0 bridgehead atoms. The van der Waals surface area contributed by atoms with Gasteiger partial charge in [0.1, 0.15) is 0 Å². The molecule has 6 heteroatoms. The van der Waals surface area contributed by atoms with Crippen LogP contribution in [0.4, 0.5) is 8.78 Å². The van der Waals surface area contributed by atoms with Gasteiger partial charge < -0.3 is 0 Å². The van der Waals surface area contributed by atoms with E-state index < -0.39 is 12.1 Å². The number of halogens is 3. The highest BCUT2D eigenvalue weighted by Crippen LogP contribution is 2.23. The summed E-state index contributed by atoms with van der Waals surface area (Å²) in [6.07, 6.45) is -2.73. The summed E-state index contributed by atoms with van der Waals surface area (Å²) in [6.45, 7) is 0. The van der Waals surface area contributed by atoms with Gasteiger partial charge in [-0.2, -0.15) is 4.98 Å². The lowest BCUT2D eigenvalue weighted by Crippen LogP contribution is -2.23. The number of nitrogens with zero attached hydrogens (tertiary/aromatic N) is 2.